The van der Waals surface area contributed by atoms with Gasteiger partial charge in [0, 0.05) is 13.0 Å². The van der Waals surface area contributed by atoms with Crippen LogP contribution in [0.3, 0.4) is 0 Å². The van der Waals surface area contributed by atoms with Crippen molar-refractivity contribution in [3.63, 3.8) is 0 Å². The van der Waals surface area contributed by atoms with Crippen LogP contribution in [-0.4, -0.2) is 43.4 Å². The number of nitrogens with one attached hydrogen (secondary N) is 2. The summed E-state index contributed by atoms with van der Waals surface area (Å²) in [5.41, 5.74) is 0.873. The van der Waals surface area contributed by atoms with Crippen molar-refractivity contribution in [2.24, 2.45) is 5.92 Å². The molecule has 1 saturated heterocycles. The molecule has 1 aliphatic rings. The van der Waals surface area contributed by atoms with Gasteiger partial charge in [0.05, 0.1) is 12.6 Å². The summed E-state index contributed by atoms with van der Waals surface area (Å²) in [7, 11) is 1.65. The van der Waals surface area contributed by atoms with Crippen molar-refractivity contribution in [3.8, 4) is 0 Å². The van der Waals surface area contributed by atoms with Gasteiger partial charge in [-0.2, -0.15) is 0 Å². The van der Waals surface area contributed by atoms with E-state index in [-0.39, 0.29) is 29.6 Å². The van der Waals surface area contributed by atoms with E-state index in [1.807, 2.05) is 6.92 Å². The largest absolute Gasteiger partial charge is 0.359 e. The Balaban J connectivity index is 1.77. The van der Waals surface area contributed by atoms with Gasteiger partial charge in [0.25, 0.3) is 0 Å². The number of carbonyl (C=O) groups is 2. The number of piperidine rings is 1. The van der Waals surface area contributed by atoms with Crippen LogP contribution in [0.2, 0.25) is 0 Å². The van der Waals surface area contributed by atoms with Gasteiger partial charge in [-0.1, -0.05) is 12.1 Å². The molecule has 126 valence electrons. The fraction of sp³-hybridized carbons (Fsp3) is 0.529. The molecule has 0 aliphatic carbocycles. The molecular weight excluding hydrogens is 297 g/mol. The Morgan fingerprint density at radius 2 is 1.87 bits per heavy atom. The monoisotopic (exact) mass is 321 g/mol. The first-order valence-electron chi connectivity index (χ1n) is 7.98. The second kappa shape index (κ2) is 8.06. The second-order valence-corrected chi connectivity index (χ2v) is 6.01. The lowest BCUT2D eigenvalue weighted by Crippen LogP contribution is -2.44. The smallest absolute Gasteiger partial charge is 0.234 e. The number of rotatable bonds is 5. The van der Waals surface area contributed by atoms with Crippen molar-refractivity contribution in [1.29, 1.82) is 0 Å². The van der Waals surface area contributed by atoms with Crippen molar-refractivity contribution in [1.82, 2.24) is 15.5 Å². The third-order valence-corrected chi connectivity index (χ3v) is 4.32. The van der Waals surface area contributed by atoms with Gasteiger partial charge in [0.1, 0.15) is 5.82 Å². The summed E-state index contributed by atoms with van der Waals surface area (Å²) in [4.78, 5) is 25.8. The summed E-state index contributed by atoms with van der Waals surface area (Å²) < 4.78 is 12.9. The average molecular weight is 321 g/mol. The lowest BCUT2D eigenvalue weighted by atomic mass is 9.96. The summed E-state index contributed by atoms with van der Waals surface area (Å²) in [5, 5.41) is 5.60. The normalized spacial score (nSPS) is 17.5. The van der Waals surface area contributed by atoms with Gasteiger partial charge in [-0.25, -0.2) is 4.39 Å². The standard InChI is InChI=1S/C17H24FN3O2/c1-12(13-3-5-15(18)6-4-13)20-16(22)11-21-9-7-14(8-10-21)17(23)19-2/h3-6,12,14H,7-11H2,1-2H3,(H,19,23)(H,20,22). The molecule has 23 heavy (non-hydrogen) atoms. The molecule has 1 unspecified atom stereocenters. The van der Waals surface area contributed by atoms with Gasteiger partial charge in [0.2, 0.25) is 11.8 Å². The number of carbonyl (C=O) groups excluding carboxylic acids is 2. The Hall–Kier alpha value is -1.95. The molecule has 5 nitrogen and oxygen atoms in total. The van der Waals surface area contributed by atoms with E-state index in [1.54, 1.807) is 19.2 Å². The Morgan fingerprint density at radius 3 is 2.43 bits per heavy atom. The second-order valence-electron chi connectivity index (χ2n) is 6.01. The molecule has 0 bridgehead atoms. The number of amides is 2. The van der Waals surface area contributed by atoms with Crippen molar-refractivity contribution in [2.45, 2.75) is 25.8 Å². The zero-order valence-electron chi connectivity index (χ0n) is 13.6. The fourth-order valence-corrected chi connectivity index (χ4v) is 2.88. The molecule has 6 heteroatoms. The summed E-state index contributed by atoms with van der Waals surface area (Å²) in [5.74, 6) is -0.206. The highest BCUT2D eigenvalue weighted by molar-refractivity contribution is 5.79. The van der Waals surface area contributed by atoms with Crippen molar-refractivity contribution < 1.29 is 14.0 Å². The van der Waals surface area contributed by atoms with E-state index in [2.05, 4.69) is 15.5 Å². The number of nitrogens with zero attached hydrogens (tertiary/aromatic N) is 1. The summed E-state index contributed by atoms with van der Waals surface area (Å²) >= 11 is 0. The molecule has 0 spiro atoms. The number of hydrogen-bond acceptors (Lipinski definition) is 3. The van der Waals surface area contributed by atoms with Crippen LogP contribution in [0.4, 0.5) is 4.39 Å². The Labute approximate surface area is 136 Å². The molecule has 1 heterocycles. The first kappa shape index (κ1) is 17.4. The first-order valence-corrected chi connectivity index (χ1v) is 7.98. The van der Waals surface area contributed by atoms with Crippen molar-refractivity contribution in [3.05, 3.63) is 35.6 Å². The fourth-order valence-electron chi connectivity index (χ4n) is 2.88. The summed E-state index contributed by atoms with van der Waals surface area (Å²) in [6.07, 6.45) is 1.56. The van der Waals surface area contributed by atoms with E-state index < -0.39 is 0 Å². The maximum absolute atomic E-state index is 12.9. The highest BCUT2D eigenvalue weighted by Gasteiger charge is 2.25. The van der Waals surface area contributed by atoms with E-state index in [9.17, 15) is 14.0 Å². The molecule has 0 saturated carbocycles. The molecule has 1 fully saturated rings. The van der Waals surface area contributed by atoms with E-state index in [0.717, 1.165) is 31.5 Å². The van der Waals surface area contributed by atoms with Crippen LogP contribution in [0.5, 0.6) is 0 Å². The number of benzene rings is 1. The van der Waals surface area contributed by atoms with Gasteiger partial charge >= 0.3 is 0 Å². The van der Waals surface area contributed by atoms with E-state index in [4.69, 9.17) is 0 Å². The van der Waals surface area contributed by atoms with Gasteiger partial charge in [-0.3, -0.25) is 14.5 Å². The van der Waals surface area contributed by atoms with Crippen LogP contribution >= 0.6 is 0 Å². The van der Waals surface area contributed by atoms with E-state index >= 15 is 0 Å². The SMILES string of the molecule is CNC(=O)C1CCN(CC(=O)NC(C)c2ccc(F)cc2)CC1. The minimum Gasteiger partial charge on any atom is -0.359 e. The predicted octanol–water partition coefficient (Wildman–Crippen LogP) is 1.46. The molecule has 0 radical (unpaired) electrons. The molecule has 2 rings (SSSR count). The van der Waals surface area contributed by atoms with Crippen LogP contribution in [0.25, 0.3) is 0 Å². The summed E-state index contributed by atoms with van der Waals surface area (Å²) in [6, 6.07) is 5.97. The summed E-state index contributed by atoms with van der Waals surface area (Å²) in [6.45, 7) is 3.70. The number of halogens is 1. The number of likely N-dealkylation sites (tertiary alicyclic amines) is 1. The third-order valence-electron chi connectivity index (χ3n) is 4.32. The van der Waals surface area contributed by atoms with Crippen LogP contribution in [0, 0.1) is 11.7 Å². The third kappa shape index (κ3) is 5.03. The Kier molecular flexibility index (Phi) is 6.10. The van der Waals surface area contributed by atoms with Crippen molar-refractivity contribution in [2.75, 3.05) is 26.7 Å². The number of hydrogen-bond donors (Lipinski definition) is 2. The average Bonchev–Trinajstić information content (AvgIpc) is 2.55. The molecule has 1 aromatic carbocycles. The van der Waals surface area contributed by atoms with Gasteiger partial charge in [-0.05, 0) is 50.6 Å². The maximum atomic E-state index is 12.9. The predicted molar refractivity (Wildman–Crippen MR) is 86.2 cm³/mol. The topological polar surface area (TPSA) is 61.4 Å². The molecule has 1 aliphatic heterocycles. The molecule has 0 aromatic heterocycles. The molecule has 1 atom stereocenters. The maximum Gasteiger partial charge on any atom is 0.234 e. The van der Waals surface area contributed by atoms with Crippen LogP contribution in [0.15, 0.2) is 24.3 Å². The highest BCUT2D eigenvalue weighted by atomic mass is 19.1. The quantitative estimate of drug-likeness (QED) is 0.863. The van der Waals surface area contributed by atoms with Gasteiger partial charge in [-0.15, -0.1) is 0 Å². The van der Waals surface area contributed by atoms with Crippen molar-refractivity contribution >= 4 is 11.8 Å². The van der Waals surface area contributed by atoms with E-state index in [1.165, 1.54) is 12.1 Å². The Morgan fingerprint density at radius 1 is 1.26 bits per heavy atom. The van der Waals surface area contributed by atoms with E-state index in [0.29, 0.717) is 6.54 Å². The van der Waals surface area contributed by atoms with Crippen LogP contribution in [-0.2, 0) is 9.59 Å². The zero-order valence-corrected chi connectivity index (χ0v) is 13.6. The van der Waals surface area contributed by atoms with Gasteiger partial charge in [0.15, 0.2) is 0 Å². The van der Waals surface area contributed by atoms with Crippen LogP contribution < -0.4 is 10.6 Å². The molecule has 1 aromatic rings. The van der Waals surface area contributed by atoms with Crippen LogP contribution in [0.1, 0.15) is 31.4 Å². The molecule has 2 N–H and O–H groups in total. The Bertz CT molecular complexity index is 539. The minimum absolute atomic E-state index is 0.0532. The lowest BCUT2D eigenvalue weighted by molar-refractivity contribution is -0.126. The molecule has 2 amide bonds. The van der Waals surface area contributed by atoms with Gasteiger partial charge < -0.3 is 10.6 Å². The lowest BCUT2D eigenvalue weighted by Gasteiger charge is -2.30. The molecular formula is C17H24FN3O2. The first-order chi connectivity index (χ1) is 11.0. The zero-order chi connectivity index (χ0) is 16.8. The highest BCUT2D eigenvalue weighted by Crippen LogP contribution is 2.17. The minimum atomic E-state index is -0.286.